The fourth-order valence-electron chi connectivity index (χ4n) is 3.47. The Bertz CT molecular complexity index is 875. The van der Waals surface area contributed by atoms with Crippen LogP contribution in [0.4, 0.5) is 0 Å². The zero-order valence-electron chi connectivity index (χ0n) is 15.4. The van der Waals surface area contributed by atoms with Gasteiger partial charge in [0.05, 0.1) is 16.2 Å². The SMILES string of the molecule is C[C@@H](Sc1nc2cc(Cl)ccc2c(=O)n1C1CCCCC1)C(=O)N(C)C. The minimum atomic E-state index is -0.316. The zero-order valence-corrected chi connectivity index (χ0v) is 16.9. The highest BCUT2D eigenvalue weighted by molar-refractivity contribution is 8.00. The highest BCUT2D eigenvalue weighted by atomic mass is 35.5. The molecule has 1 saturated carbocycles. The van der Waals surface area contributed by atoms with Crippen molar-refractivity contribution in [1.29, 1.82) is 0 Å². The summed E-state index contributed by atoms with van der Waals surface area (Å²) in [5, 5.41) is 1.42. The molecule has 1 atom stereocenters. The molecule has 140 valence electrons. The molecule has 5 nitrogen and oxygen atoms in total. The second-order valence-electron chi connectivity index (χ2n) is 7.02. The van der Waals surface area contributed by atoms with Gasteiger partial charge < -0.3 is 4.90 Å². The van der Waals surface area contributed by atoms with Crippen LogP contribution in [0.3, 0.4) is 0 Å². The third kappa shape index (κ3) is 3.91. The molecular weight excluding hydrogens is 370 g/mol. The van der Waals surface area contributed by atoms with E-state index in [1.807, 2.05) is 11.5 Å². The molecule has 1 fully saturated rings. The molecule has 1 aromatic carbocycles. The van der Waals surface area contributed by atoms with E-state index in [1.54, 1.807) is 37.2 Å². The Morgan fingerprint density at radius 2 is 2.00 bits per heavy atom. The zero-order chi connectivity index (χ0) is 18.8. The van der Waals surface area contributed by atoms with Gasteiger partial charge in [-0.15, -0.1) is 0 Å². The van der Waals surface area contributed by atoms with Gasteiger partial charge in [-0.25, -0.2) is 4.98 Å². The van der Waals surface area contributed by atoms with Crippen molar-refractivity contribution in [2.45, 2.75) is 55.5 Å². The van der Waals surface area contributed by atoms with Crippen LogP contribution >= 0.6 is 23.4 Å². The Hall–Kier alpha value is -1.53. The van der Waals surface area contributed by atoms with Crippen LogP contribution in [0, 0.1) is 0 Å². The minimum absolute atomic E-state index is 0.00522. The summed E-state index contributed by atoms with van der Waals surface area (Å²) in [6, 6.07) is 5.33. The van der Waals surface area contributed by atoms with Gasteiger partial charge in [-0.3, -0.25) is 14.2 Å². The van der Waals surface area contributed by atoms with Gasteiger partial charge in [0.2, 0.25) is 5.91 Å². The number of hydrogen-bond donors (Lipinski definition) is 0. The molecule has 7 heteroatoms. The lowest BCUT2D eigenvalue weighted by molar-refractivity contribution is -0.127. The maximum absolute atomic E-state index is 13.2. The minimum Gasteiger partial charge on any atom is -0.348 e. The number of amides is 1. The third-order valence-electron chi connectivity index (χ3n) is 4.84. The van der Waals surface area contributed by atoms with Crippen LogP contribution in [0.5, 0.6) is 0 Å². The van der Waals surface area contributed by atoms with E-state index < -0.39 is 0 Å². The van der Waals surface area contributed by atoms with E-state index >= 15 is 0 Å². The van der Waals surface area contributed by atoms with Gasteiger partial charge in [-0.05, 0) is 38.0 Å². The molecule has 1 aliphatic carbocycles. The summed E-state index contributed by atoms with van der Waals surface area (Å²) in [4.78, 5) is 31.8. The number of benzene rings is 1. The first-order chi connectivity index (χ1) is 12.4. The van der Waals surface area contributed by atoms with Crippen molar-refractivity contribution < 1.29 is 4.79 Å². The molecule has 2 aromatic rings. The number of hydrogen-bond acceptors (Lipinski definition) is 4. The first-order valence-corrected chi connectivity index (χ1v) is 10.2. The van der Waals surface area contributed by atoms with E-state index in [0.29, 0.717) is 21.1 Å². The molecule has 0 N–H and O–H groups in total. The predicted octanol–water partition coefficient (Wildman–Crippen LogP) is 4.12. The van der Waals surface area contributed by atoms with Crippen LogP contribution < -0.4 is 5.56 Å². The fourth-order valence-corrected chi connectivity index (χ4v) is 4.76. The van der Waals surface area contributed by atoms with Crippen LogP contribution in [0.15, 0.2) is 28.2 Å². The van der Waals surface area contributed by atoms with E-state index in [1.165, 1.54) is 18.2 Å². The van der Waals surface area contributed by atoms with Gasteiger partial charge in [0.25, 0.3) is 5.56 Å². The maximum atomic E-state index is 13.2. The molecule has 0 saturated heterocycles. The van der Waals surface area contributed by atoms with Gasteiger partial charge >= 0.3 is 0 Å². The normalized spacial score (nSPS) is 16.6. The second-order valence-corrected chi connectivity index (χ2v) is 8.76. The Morgan fingerprint density at radius 1 is 1.31 bits per heavy atom. The lowest BCUT2D eigenvalue weighted by Gasteiger charge is -2.27. The molecule has 1 amide bonds. The summed E-state index contributed by atoms with van der Waals surface area (Å²) in [6.45, 7) is 1.85. The van der Waals surface area contributed by atoms with Crippen molar-refractivity contribution in [1.82, 2.24) is 14.5 Å². The summed E-state index contributed by atoms with van der Waals surface area (Å²) in [6.07, 6.45) is 5.40. The van der Waals surface area contributed by atoms with Crippen LogP contribution in [0.2, 0.25) is 5.02 Å². The molecule has 26 heavy (non-hydrogen) atoms. The number of fused-ring (bicyclic) bond motifs is 1. The van der Waals surface area contributed by atoms with E-state index in [0.717, 1.165) is 25.7 Å². The average molecular weight is 394 g/mol. The van der Waals surface area contributed by atoms with Crippen molar-refractivity contribution in [2.75, 3.05) is 14.1 Å². The summed E-state index contributed by atoms with van der Waals surface area (Å²) >= 11 is 7.45. The highest BCUT2D eigenvalue weighted by Crippen LogP contribution is 2.32. The van der Waals surface area contributed by atoms with Crippen LogP contribution in [0.1, 0.15) is 45.1 Å². The highest BCUT2D eigenvalue weighted by Gasteiger charge is 2.25. The predicted molar refractivity (Wildman–Crippen MR) is 107 cm³/mol. The molecule has 0 spiro atoms. The fraction of sp³-hybridized carbons (Fsp3) is 0.526. The number of aromatic nitrogens is 2. The van der Waals surface area contributed by atoms with E-state index in [2.05, 4.69) is 0 Å². The monoisotopic (exact) mass is 393 g/mol. The summed E-state index contributed by atoms with van der Waals surface area (Å²) < 4.78 is 1.82. The van der Waals surface area contributed by atoms with Gasteiger partial charge in [-0.2, -0.15) is 0 Å². The van der Waals surface area contributed by atoms with E-state index in [9.17, 15) is 9.59 Å². The van der Waals surface area contributed by atoms with Crippen molar-refractivity contribution in [3.63, 3.8) is 0 Å². The van der Waals surface area contributed by atoms with Crippen LogP contribution in [-0.4, -0.2) is 39.7 Å². The molecule has 1 heterocycles. The molecule has 0 unspecified atom stereocenters. The number of nitrogens with zero attached hydrogens (tertiary/aromatic N) is 3. The number of thioether (sulfide) groups is 1. The Labute approximate surface area is 162 Å². The van der Waals surface area contributed by atoms with Gasteiger partial charge in [0.1, 0.15) is 0 Å². The molecule has 1 aromatic heterocycles. The number of rotatable bonds is 4. The number of halogens is 1. The lowest BCUT2D eigenvalue weighted by atomic mass is 9.95. The van der Waals surface area contributed by atoms with E-state index in [-0.39, 0.29) is 22.8 Å². The van der Waals surface area contributed by atoms with Gasteiger partial charge in [0.15, 0.2) is 5.16 Å². The summed E-state index contributed by atoms with van der Waals surface area (Å²) in [5.74, 6) is 0.00522. The Kier molecular flexibility index (Phi) is 5.92. The van der Waals surface area contributed by atoms with Crippen molar-refractivity contribution in [2.24, 2.45) is 0 Å². The third-order valence-corrected chi connectivity index (χ3v) is 6.13. The molecule has 0 aliphatic heterocycles. The lowest BCUT2D eigenvalue weighted by Crippen LogP contribution is -2.32. The largest absolute Gasteiger partial charge is 0.348 e. The maximum Gasteiger partial charge on any atom is 0.262 e. The smallest absolute Gasteiger partial charge is 0.262 e. The Morgan fingerprint density at radius 3 is 2.65 bits per heavy atom. The first-order valence-electron chi connectivity index (χ1n) is 8.98. The molecule has 3 rings (SSSR count). The summed E-state index contributed by atoms with van der Waals surface area (Å²) in [7, 11) is 3.47. The van der Waals surface area contributed by atoms with Gasteiger partial charge in [-0.1, -0.05) is 42.6 Å². The molecule has 0 radical (unpaired) electrons. The van der Waals surface area contributed by atoms with Crippen LogP contribution in [-0.2, 0) is 4.79 Å². The van der Waals surface area contributed by atoms with Crippen molar-refractivity contribution >= 4 is 40.2 Å². The standard InChI is InChI=1S/C19H24ClN3O2S/c1-12(17(24)22(2)3)26-19-21-16-11-13(20)9-10-15(16)18(25)23(19)14-7-5-4-6-8-14/h9-12,14H,4-8H2,1-3H3/t12-/m1/s1. The van der Waals surface area contributed by atoms with Crippen molar-refractivity contribution in [3.05, 3.63) is 33.6 Å². The van der Waals surface area contributed by atoms with E-state index in [4.69, 9.17) is 16.6 Å². The Balaban J connectivity index is 2.11. The average Bonchev–Trinajstić information content (AvgIpc) is 2.61. The second kappa shape index (κ2) is 8.01. The van der Waals surface area contributed by atoms with Crippen molar-refractivity contribution in [3.8, 4) is 0 Å². The van der Waals surface area contributed by atoms with Gasteiger partial charge in [0, 0.05) is 25.2 Å². The topological polar surface area (TPSA) is 55.2 Å². The molecule has 1 aliphatic rings. The summed E-state index contributed by atoms with van der Waals surface area (Å²) in [5.41, 5.74) is 0.548. The first kappa shape index (κ1) is 19.2. The number of carbonyl (C=O) groups excluding carboxylic acids is 1. The number of carbonyl (C=O) groups is 1. The molecular formula is C19H24ClN3O2S. The molecule has 0 bridgehead atoms. The quantitative estimate of drug-likeness (QED) is 0.579. The van der Waals surface area contributed by atoms with Crippen LogP contribution in [0.25, 0.3) is 10.9 Å².